The minimum absolute atomic E-state index is 0.0439. The number of aryl methyl sites for hydroxylation is 1. The number of carbonyl (C=O) groups excluding carboxylic acids is 1. The highest BCUT2D eigenvalue weighted by Crippen LogP contribution is 2.27. The quantitative estimate of drug-likeness (QED) is 0.304. The van der Waals surface area contributed by atoms with Crippen molar-refractivity contribution in [3.8, 4) is 5.75 Å². The molecule has 1 heterocycles. The van der Waals surface area contributed by atoms with E-state index in [1.54, 1.807) is 24.3 Å². The van der Waals surface area contributed by atoms with Gasteiger partial charge in [-0.3, -0.25) is 19.5 Å². The second-order valence-electron chi connectivity index (χ2n) is 5.08. The Morgan fingerprint density at radius 2 is 2.04 bits per heavy atom. The van der Waals surface area contributed by atoms with Gasteiger partial charge in [-0.05, 0) is 18.2 Å². The lowest BCUT2D eigenvalue weighted by Gasteiger charge is -2.05. The van der Waals surface area contributed by atoms with Crippen LogP contribution < -0.4 is 10.5 Å². The van der Waals surface area contributed by atoms with Crippen LogP contribution in [0.2, 0.25) is 0 Å². The van der Waals surface area contributed by atoms with E-state index in [2.05, 4.69) is 0 Å². The van der Waals surface area contributed by atoms with Gasteiger partial charge < -0.3 is 9.15 Å². The van der Waals surface area contributed by atoms with Gasteiger partial charge in [0.15, 0.2) is 5.58 Å². The molecule has 0 amide bonds. The number of aromatic nitrogens is 1. The third kappa shape index (κ3) is 3.39. The molecule has 0 fully saturated rings. The van der Waals surface area contributed by atoms with E-state index < -0.39 is 33.9 Å². The lowest BCUT2D eigenvalue weighted by molar-refractivity contribution is -0.385. The van der Waals surface area contributed by atoms with Crippen LogP contribution in [0.1, 0.15) is 6.42 Å². The zero-order valence-electron chi connectivity index (χ0n) is 12.7. The van der Waals surface area contributed by atoms with E-state index in [4.69, 9.17) is 9.15 Å². The normalized spacial score (nSPS) is 10.8. The van der Waals surface area contributed by atoms with Crippen LogP contribution >= 0.6 is 0 Å². The first-order valence-corrected chi connectivity index (χ1v) is 7.18. The molecule has 0 aliphatic heterocycles. The number of rotatable bonds is 5. The summed E-state index contributed by atoms with van der Waals surface area (Å²) >= 11 is 0. The number of benzene rings is 2. The highest BCUT2D eigenvalue weighted by atomic mass is 19.1. The second-order valence-corrected chi connectivity index (χ2v) is 5.08. The standard InChI is InChI=1S/C16H11FN2O6/c17-10-5-6-12(19(22)23)14(9-10)24-15(20)7-8-18-11-3-1-2-4-13(11)25-16(18)21/h1-6,9H,7-8H2. The Bertz CT molecular complexity index is 1020. The molecule has 128 valence electrons. The summed E-state index contributed by atoms with van der Waals surface area (Å²) in [5.41, 5.74) is 0.361. The number of hydrogen-bond acceptors (Lipinski definition) is 6. The average Bonchev–Trinajstić information content (AvgIpc) is 2.88. The lowest BCUT2D eigenvalue weighted by Crippen LogP contribution is -2.19. The van der Waals surface area contributed by atoms with Gasteiger partial charge in [0.05, 0.1) is 16.9 Å². The summed E-state index contributed by atoms with van der Waals surface area (Å²) in [7, 11) is 0. The van der Waals surface area contributed by atoms with Crippen molar-refractivity contribution in [1.82, 2.24) is 4.57 Å². The molecule has 8 nitrogen and oxygen atoms in total. The molecule has 3 aromatic rings. The number of esters is 1. The van der Waals surface area contributed by atoms with Gasteiger partial charge in [0.1, 0.15) is 5.82 Å². The van der Waals surface area contributed by atoms with Gasteiger partial charge in [0.2, 0.25) is 5.75 Å². The third-order valence-corrected chi connectivity index (χ3v) is 3.46. The van der Waals surface area contributed by atoms with E-state index in [0.29, 0.717) is 11.1 Å². The van der Waals surface area contributed by atoms with E-state index in [1.807, 2.05) is 0 Å². The topological polar surface area (TPSA) is 105 Å². The Kier molecular flexibility index (Phi) is 4.29. The Hall–Kier alpha value is -3.49. The van der Waals surface area contributed by atoms with Gasteiger partial charge in [-0.25, -0.2) is 9.18 Å². The minimum Gasteiger partial charge on any atom is -0.419 e. The molecular formula is C16H11FN2O6. The van der Waals surface area contributed by atoms with Gasteiger partial charge in [0, 0.05) is 18.7 Å². The predicted molar refractivity (Wildman–Crippen MR) is 83.8 cm³/mol. The van der Waals surface area contributed by atoms with Crippen LogP contribution in [-0.4, -0.2) is 15.5 Å². The van der Waals surface area contributed by atoms with Crippen LogP contribution in [0.5, 0.6) is 5.75 Å². The van der Waals surface area contributed by atoms with Crippen molar-refractivity contribution in [3.05, 3.63) is 68.9 Å². The summed E-state index contributed by atoms with van der Waals surface area (Å²) in [6.07, 6.45) is -0.253. The first kappa shape index (κ1) is 16.4. The predicted octanol–water partition coefficient (Wildman–Crippen LogP) is 2.64. The maximum Gasteiger partial charge on any atom is 0.419 e. The summed E-state index contributed by atoms with van der Waals surface area (Å²) < 4.78 is 24.4. The minimum atomic E-state index is -0.842. The number of halogens is 1. The zero-order chi connectivity index (χ0) is 18.0. The van der Waals surface area contributed by atoms with Crippen molar-refractivity contribution in [2.24, 2.45) is 0 Å². The maximum absolute atomic E-state index is 13.2. The third-order valence-electron chi connectivity index (χ3n) is 3.46. The molecule has 0 atom stereocenters. The second kappa shape index (κ2) is 6.56. The van der Waals surface area contributed by atoms with Crippen molar-refractivity contribution in [2.45, 2.75) is 13.0 Å². The number of nitrogens with zero attached hydrogens (tertiary/aromatic N) is 2. The fourth-order valence-electron chi connectivity index (χ4n) is 2.32. The molecule has 9 heteroatoms. The number of nitro benzene ring substituents is 1. The fourth-order valence-corrected chi connectivity index (χ4v) is 2.32. The summed E-state index contributed by atoms with van der Waals surface area (Å²) in [5, 5.41) is 10.9. The monoisotopic (exact) mass is 346 g/mol. The van der Waals surface area contributed by atoms with Gasteiger partial charge in [-0.1, -0.05) is 12.1 Å². The van der Waals surface area contributed by atoms with Gasteiger partial charge >= 0.3 is 17.4 Å². The highest BCUT2D eigenvalue weighted by molar-refractivity contribution is 5.75. The van der Waals surface area contributed by atoms with Crippen LogP contribution in [0.25, 0.3) is 11.1 Å². The number of nitro groups is 1. The first-order valence-electron chi connectivity index (χ1n) is 7.18. The van der Waals surface area contributed by atoms with Crippen LogP contribution in [0, 0.1) is 15.9 Å². The Morgan fingerprint density at radius 1 is 1.28 bits per heavy atom. The Balaban J connectivity index is 1.75. The van der Waals surface area contributed by atoms with Crippen LogP contribution in [-0.2, 0) is 11.3 Å². The number of fused-ring (bicyclic) bond motifs is 1. The van der Waals surface area contributed by atoms with Crippen LogP contribution in [0.15, 0.2) is 51.7 Å². The van der Waals surface area contributed by atoms with E-state index in [-0.39, 0.29) is 13.0 Å². The summed E-state index contributed by atoms with van der Waals surface area (Å²) in [6.45, 7) is -0.0439. The number of para-hydroxylation sites is 2. The molecule has 0 spiro atoms. The van der Waals surface area contributed by atoms with Crippen molar-refractivity contribution in [3.63, 3.8) is 0 Å². The van der Waals surface area contributed by atoms with Crippen molar-refractivity contribution in [1.29, 1.82) is 0 Å². The van der Waals surface area contributed by atoms with Gasteiger partial charge in [-0.2, -0.15) is 0 Å². The van der Waals surface area contributed by atoms with Crippen LogP contribution in [0.3, 0.4) is 0 Å². The molecule has 0 saturated heterocycles. The van der Waals surface area contributed by atoms with Crippen molar-refractivity contribution >= 4 is 22.8 Å². The molecule has 1 aromatic heterocycles. The Labute approximate surface area is 139 Å². The molecule has 2 aromatic carbocycles. The summed E-state index contributed by atoms with van der Waals surface area (Å²) in [6, 6.07) is 9.24. The van der Waals surface area contributed by atoms with Crippen molar-refractivity contribution < 1.29 is 23.3 Å². The number of ether oxygens (including phenoxy) is 1. The first-order chi connectivity index (χ1) is 12.0. The molecule has 3 rings (SSSR count). The number of oxazole rings is 1. The molecule has 0 unspecified atom stereocenters. The van der Waals surface area contributed by atoms with E-state index in [9.17, 15) is 24.1 Å². The van der Waals surface area contributed by atoms with E-state index >= 15 is 0 Å². The van der Waals surface area contributed by atoms with Crippen molar-refractivity contribution in [2.75, 3.05) is 0 Å². The highest BCUT2D eigenvalue weighted by Gasteiger charge is 2.19. The SMILES string of the molecule is O=C(CCn1c(=O)oc2ccccc21)Oc1cc(F)ccc1[N+](=O)[O-]. The molecule has 25 heavy (non-hydrogen) atoms. The molecule has 0 aliphatic rings. The van der Waals surface area contributed by atoms with Gasteiger partial charge in [-0.15, -0.1) is 0 Å². The fraction of sp³-hybridized carbons (Fsp3) is 0.125. The lowest BCUT2D eigenvalue weighted by atomic mass is 10.3. The maximum atomic E-state index is 13.2. The van der Waals surface area contributed by atoms with Gasteiger partial charge in [0.25, 0.3) is 0 Å². The summed E-state index contributed by atoms with van der Waals surface area (Å²) in [5.74, 6) is -2.73. The van der Waals surface area contributed by atoms with E-state index in [0.717, 1.165) is 18.2 Å². The molecule has 0 radical (unpaired) electrons. The van der Waals surface area contributed by atoms with E-state index in [1.165, 1.54) is 4.57 Å². The number of hydrogen-bond donors (Lipinski definition) is 0. The smallest absolute Gasteiger partial charge is 0.419 e. The average molecular weight is 346 g/mol. The largest absolute Gasteiger partial charge is 0.419 e. The molecule has 0 aliphatic carbocycles. The molecule has 0 bridgehead atoms. The summed E-state index contributed by atoms with van der Waals surface area (Å²) in [4.78, 5) is 33.8. The molecule has 0 N–H and O–H groups in total. The van der Waals surface area contributed by atoms with Crippen LogP contribution in [0.4, 0.5) is 10.1 Å². The molecule has 0 saturated carbocycles. The zero-order valence-corrected chi connectivity index (χ0v) is 12.7. The Morgan fingerprint density at radius 3 is 2.80 bits per heavy atom. The number of carbonyl (C=O) groups is 1. The molecular weight excluding hydrogens is 335 g/mol.